The summed E-state index contributed by atoms with van der Waals surface area (Å²) in [5.74, 6) is 1.58. The molecule has 0 aromatic carbocycles. The molecule has 1 heterocycles. The number of furan rings is 1. The van der Waals surface area contributed by atoms with Gasteiger partial charge in [0.25, 0.3) is 0 Å². The predicted octanol–water partition coefficient (Wildman–Crippen LogP) is 4.78. The SMILES string of the molecule is C=Cc1c(/C=C(/O)CC)oc(CC)c1/C=C\CF. The fourth-order valence-corrected chi connectivity index (χ4v) is 1.70. The minimum atomic E-state index is -0.518. The number of rotatable bonds is 6. The Morgan fingerprint density at radius 1 is 1.39 bits per heavy atom. The molecule has 1 aromatic rings. The van der Waals surface area contributed by atoms with E-state index in [9.17, 15) is 9.50 Å². The van der Waals surface area contributed by atoms with Crippen molar-refractivity contribution in [3.8, 4) is 0 Å². The van der Waals surface area contributed by atoms with Crippen molar-refractivity contribution in [3.05, 3.63) is 41.1 Å². The van der Waals surface area contributed by atoms with E-state index < -0.39 is 6.67 Å². The van der Waals surface area contributed by atoms with Crippen LogP contribution >= 0.6 is 0 Å². The minimum absolute atomic E-state index is 0.246. The number of hydrogen-bond donors (Lipinski definition) is 1. The molecule has 2 nitrogen and oxygen atoms in total. The van der Waals surface area contributed by atoms with Crippen LogP contribution in [0, 0.1) is 0 Å². The second-order valence-electron chi connectivity index (χ2n) is 3.82. The summed E-state index contributed by atoms with van der Waals surface area (Å²) in [6.45, 7) is 7.04. The number of halogens is 1. The molecular formula is C15H19FO2. The second kappa shape index (κ2) is 6.84. The normalized spacial score (nSPS) is 12.3. The highest BCUT2D eigenvalue weighted by Crippen LogP contribution is 2.28. The highest BCUT2D eigenvalue weighted by molar-refractivity contribution is 5.73. The molecule has 0 amide bonds. The lowest BCUT2D eigenvalue weighted by Crippen LogP contribution is -1.82. The lowest BCUT2D eigenvalue weighted by atomic mass is 10.1. The van der Waals surface area contributed by atoms with Crippen LogP contribution in [0.4, 0.5) is 4.39 Å². The standard InChI is InChI=1S/C15H19FO2/c1-4-11(17)10-15-12(5-2)13(8-7-9-16)14(6-3)18-15/h5,7-8,10,17H,2,4,6,9H2,1,3H3/b8-7-,11-10+. The fraction of sp³-hybridized carbons (Fsp3) is 0.333. The summed E-state index contributed by atoms with van der Waals surface area (Å²) >= 11 is 0. The van der Waals surface area contributed by atoms with Crippen molar-refractivity contribution in [1.82, 2.24) is 0 Å². The smallest absolute Gasteiger partial charge is 0.138 e. The first-order chi connectivity index (χ1) is 8.67. The van der Waals surface area contributed by atoms with Gasteiger partial charge in [-0.2, -0.15) is 0 Å². The van der Waals surface area contributed by atoms with Gasteiger partial charge in [-0.25, -0.2) is 4.39 Å². The number of allylic oxidation sites excluding steroid dienone is 2. The van der Waals surface area contributed by atoms with Crippen molar-refractivity contribution in [2.45, 2.75) is 26.7 Å². The maximum absolute atomic E-state index is 12.2. The molecule has 0 unspecified atom stereocenters. The monoisotopic (exact) mass is 250 g/mol. The third-order valence-corrected chi connectivity index (χ3v) is 2.65. The summed E-state index contributed by atoms with van der Waals surface area (Å²) in [5.41, 5.74) is 1.62. The molecule has 18 heavy (non-hydrogen) atoms. The Bertz CT molecular complexity index is 467. The summed E-state index contributed by atoms with van der Waals surface area (Å²) < 4.78 is 17.9. The van der Waals surface area contributed by atoms with Gasteiger partial charge in [0.1, 0.15) is 18.2 Å². The number of aryl methyl sites for hydroxylation is 1. The quantitative estimate of drug-likeness (QED) is 0.737. The van der Waals surface area contributed by atoms with Gasteiger partial charge in [0.2, 0.25) is 0 Å². The largest absolute Gasteiger partial charge is 0.512 e. The number of aliphatic hydroxyl groups is 1. The van der Waals surface area contributed by atoms with Crippen molar-refractivity contribution in [3.63, 3.8) is 0 Å². The minimum Gasteiger partial charge on any atom is -0.512 e. The van der Waals surface area contributed by atoms with Gasteiger partial charge < -0.3 is 9.52 Å². The molecule has 0 aliphatic heterocycles. The molecule has 98 valence electrons. The Kier molecular flexibility index (Phi) is 5.43. The molecular weight excluding hydrogens is 231 g/mol. The van der Waals surface area contributed by atoms with Crippen LogP contribution in [0.15, 0.2) is 22.8 Å². The van der Waals surface area contributed by atoms with Crippen LogP contribution in [-0.4, -0.2) is 11.8 Å². The molecule has 0 atom stereocenters. The van der Waals surface area contributed by atoms with Crippen LogP contribution in [0.2, 0.25) is 0 Å². The Morgan fingerprint density at radius 2 is 2.11 bits per heavy atom. The van der Waals surface area contributed by atoms with Crippen molar-refractivity contribution < 1.29 is 13.9 Å². The molecule has 0 fully saturated rings. The lowest BCUT2D eigenvalue weighted by molar-refractivity contribution is 0.397. The van der Waals surface area contributed by atoms with Crippen LogP contribution in [0.3, 0.4) is 0 Å². The zero-order valence-electron chi connectivity index (χ0n) is 10.9. The summed E-state index contributed by atoms with van der Waals surface area (Å²) in [5, 5.41) is 9.57. The van der Waals surface area contributed by atoms with E-state index in [1.807, 2.05) is 13.8 Å². The summed E-state index contributed by atoms with van der Waals surface area (Å²) in [6.07, 6.45) is 7.62. The zero-order chi connectivity index (χ0) is 13.5. The molecule has 0 saturated heterocycles. The molecule has 0 saturated carbocycles. The van der Waals surface area contributed by atoms with Crippen LogP contribution < -0.4 is 0 Å². The maximum atomic E-state index is 12.2. The first-order valence-electron chi connectivity index (χ1n) is 6.07. The molecule has 0 aliphatic rings. The van der Waals surface area contributed by atoms with Gasteiger partial charge in [0.15, 0.2) is 0 Å². The topological polar surface area (TPSA) is 33.4 Å². The number of alkyl halides is 1. The Morgan fingerprint density at radius 3 is 2.61 bits per heavy atom. The van der Waals surface area contributed by atoms with Crippen molar-refractivity contribution >= 4 is 18.2 Å². The molecule has 3 heteroatoms. The van der Waals surface area contributed by atoms with E-state index in [0.29, 0.717) is 18.6 Å². The van der Waals surface area contributed by atoms with Gasteiger partial charge in [0, 0.05) is 30.0 Å². The van der Waals surface area contributed by atoms with Gasteiger partial charge >= 0.3 is 0 Å². The summed E-state index contributed by atoms with van der Waals surface area (Å²) in [4.78, 5) is 0. The van der Waals surface area contributed by atoms with E-state index in [1.54, 1.807) is 18.2 Å². The first-order valence-corrected chi connectivity index (χ1v) is 6.07. The van der Waals surface area contributed by atoms with Crippen LogP contribution in [0.5, 0.6) is 0 Å². The highest BCUT2D eigenvalue weighted by Gasteiger charge is 2.13. The molecule has 1 rings (SSSR count). The summed E-state index contributed by atoms with van der Waals surface area (Å²) in [7, 11) is 0. The van der Waals surface area contributed by atoms with Crippen molar-refractivity contribution in [2.24, 2.45) is 0 Å². The summed E-state index contributed by atoms with van der Waals surface area (Å²) in [6, 6.07) is 0. The van der Waals surface area contributed by atoms with Gasteiger partial charge in [-0.1, -0.05) is 38.7 Å². The molecule has 1 N–H and O–H groups in total. The van der Waals surface area contributed by atoms with Gasteiger partial charge in [-0.15, -0.1) is 0 Å². The first kappa shape index (κ1) is 14.3. The second-order valence-corrected chi connectivity index (χ2v) is 3.82. The van der Waals surface area contributed by atoms with Crippen LogP contribution in [-0.2, 0) is 6.42 Å². The zero-order valence-corrected chi connectivity index (χ0v) is 10.9. The maximum Gasteiger partial charge on any atom is 0.138 e. The van der Waals surface area contributed by atoms with Gasteiger partial charge in [0.05, 0.1) is 5.76 Å². The van der Waals surface area contributed by atoms with Crippen molar-refractivity contribution in [1.29, 1.82) is 0 Å². The highest BCUT2D eigenvalue weighted by atomic mass is 19.1. The van der Waals surface area contributed by atoms with E-state index in [-0.39, 0.29) is 5.76 Å². The van der Waals surface area contributed by atoms with Crippen LogP contribution in [0.1, 0.15) is 42.9 Å². The Labute approximate surface area is 107 Å². The van der Waals surface area contributed by atoms with E-state index in [2.05, 4.69) is 6.58 Å². The van der Waals surface area contributed by atoms with Crippen LogP contribution in [0.25, 0.3) is 18.2 Å². The average molecular weight is 250 g/mol. The third-order valence-electron chi connectivity index (χ3n) is 2.65. The molecule has 0 spiro atoms. The Balaban J connectivity index is 3.32. The lowest BCUT2D eigenvalue weighted by Gasteiger charge is -1.95. The van der Waals surface area contributed by atoms with E-state index in [1.165, 1.54) is 6.08 Å². The van der Waals surface area contributed by atoms with Gasteiger partial charge in [-0.05, 0) is 0 Å². The number of hydrogen-bond acceptors (Lipinski definition) is 2. The van der Waals surface area contributed by atoms with E-state index in [0.717, 1.165) is 16.9 Å². The third kappa shape index (κ3) is 3.13. The Hall–Kier alpha value is -1.77. The average Bonchev–Trinajstić information content (AvgIpc) is 2.72. The van der Waals surface area contributed by atoms with Gasteiger partial charge in [-0.3, -0.25) is 0 Å². The number of aliphatic hydroxyl groups excluding tert-OH is 1. The molecule has 0 aliphatic carbocycles. The van der Waals surface area contributed by atoms with E-state index in [4.69, 9.17) is 4.42 Å². The molecule has 0 radical (unpaired) electrons. The fourth-order valence-electron chi connectivity index (χ4n) is 1.70. The van der Waals surface area contributed by atoms with E-state index >= 15 is 0 Å². The molecule has 0 bridgehead atoms. The predicted molar refractivity (Wildman–Crippen MR) is 74.1 cm³/mol. The molecule has 1 aromatic heterocycles. The van der Waals surface area contributed by atoms with Crippen molar-refractivity contribution in [2.75, 3.05) is 6.67 Å².